The standard InChI is InChI=1S/C8H19N3O4S/c1-10(2)4-5-11(3)16(14,15)6-7(9)8(12)13/h7H,4-6,9H2,1-3H3,(H,12,13). The fourth-order valence-electron chi connectivity index (χ4n) is 0.905. The summed E-state index contributed by atoms with van der Waals surface area (Å²) < 4.78 is 24.4. The lowest BCUT2D eigenvalue weighted by molar-refractivity contribution is -0.137. The zero-order chi connectivity index (χ0) is 12.9. The van der Waals surface area contributed by atoms with E-state index in [4.69, 9.17) is 10.8 Å². The van der Waals surface area contributed by atoms with Crippen LogP contribution in [-0.4, -0.2) is 74.7 Å². The number of likely N-dealkylation sites (N-methyl/N-ethyl adjacent to an activating group) is 2. The molecule has 0 saturated heterocycles. The van der Waals surface area contributed by atoms with Crippen molar-refractivity contribution in [2.45, 2.75) is 6.04 Å². The van der Waals surface area contributed by atoms with Crippen molar-refractivity contribution < 1.29 is 18.3 Å². The van der Waals surface area contributed by atoms with Gasteiger partial charge in [-0.15, -0.1) is 0 Å². The molecule has 1 unspecified atom stereocenters. The van der Waals surface area contributed by atoms with E-state index in [0.717, 1.165) is 4.31 Å². The lowest BCUT2D eigenvalue weighted by Gasteiger charge is -2.20. The maximum atomic E-state index is 11.6. The van der Waals surface area contributed by atoms with Gasteiger partial charge in [0.2, 0.25) is 10.0 Å². The molecule has 0 aliphatic rings. The Morgan fingerprint density at radius 3 is 2.19 bits per heavy atom. The molecule has 3 N–H and O–H groups in total. The zero-order valence-corrected chi connectivity index (χ0v) is 10.6. The second-order valence-corrected chi connectivity index (χ2v) is 5.97. The Labute approximate surface area is 95.9 Å². The van der Waals surface area contributed by atoms with Gasteiger partial charge in [-0.25, -0.2) is 12.7 Å². The molecule has 0 bridgehead atoms. The summed E-state index contributed by atoms with van der Waals surface area (Å²) in [6, 6.07) is -1.38. The highest BCUT2D eigenvalue weighted by Gasteiger charge is 2.25. The summed E-state index contributed by atoms with van der Waals surface area (Å²) in [4.78, 5) is 12.3. The third-order valence-electron chi connectivity index (χ3n) is 2.04. The van der Waals surface area contributed by atoms with Crippen LogP contribution in [0.1, 0.15) is 0 Å². The molecule has 0 fully saturated rings. The van der Waals surface area contributed by atoms with Crippen molar-refractivity contribution in [2.75, 3.05) is 40.0 Å². The monoisotopic (exact) mass is 253 g/mol. The molecule has 0 aliphatic carbocycles. The van der Waals surface area contributed by atoms with Gasteiger partial charge < -0.3 is 15.7 Å². The van der Waals surface area contributed by atoms with E-state index in [9.17, 15) is 13.2 Å². The molecule has 1 atom stereocenters. The van der Waals surface area contributed by atoms with E-state index < -0.39 is 27.8 Å². The summed E-state index contributed by atoms with van der Waals surface area (Å²) in [5, 5.41) is 8.53. The molecule has 8 heteroatoms. The van der Waals surface area contributed by atoms with Gasteiger partial charge in [0.15, 0.2) is 0 Å². The Bertz CT molecular complexity index is 328. The molecular weight excluding hydrogens is 234 g/mol. The summed E-state index contributed by atoms with van der Waals surface area (Å²) in [7, 11) is 1.46. The molecule has 0 spiro atoms. The van der Waals surface area contributed by atoms with Crippen molar-refractivity contribution in [2.24, 2.45) is 5.73 Å². The van der Waals surface area contributed by atoms with Crippen LogP contribution in [0.2, 0.25) is 0 Å². The van der Waals surface area contributed by atoms with Crippen molar-refractivity contribution in [3.8, 4) is 0 Å². The Morgan fingerprint density at radius 2 is 1.81 bits per heavy atom. The molecule has 0 aromatic heterocycles. The third kappa shape index (κ3) is 5.40. The molecule has 0 heterocycles. The van der Waals surface area contributed by atoms with E-state index in [2.05, 4.69) is 0 Å². The number of hydrogen-bond donors (Lipinski definition) is 2. The van der Waals surface area contributed by atoms with E-state index in [0.29, 0.717) is 13.1 Å². The molecule has 16 heavy (non-hydrogen) atoms. The molecule has 0 saturated carbocycles. The van der Waals surface area contributed by atoms with Crippen LogP contribution in [0.5, 0.6) is 0 Å². The summed E-state index contributed by atoms with van der Waals surface area (Å²) in [6.07, 6.45) is 0. The quantitative estimate of drug-likeness (QED) is 0.556. The average molecular weight is 253 g/mol. The van der Waals surface area contributed by atoms with Crippen molar-refractivity contribution in [3.05, 3.63) is 0 Å². The average Bonchev–Trinajstić information content (AvgIpc) is 2.12. The molecular formula is C8H19N3O4S. The first-order valence-corrected chi connectivity index (χ1v) is 6.35. The first-order chi connectivity index (χ1) is 7.16. The lowest BCUT2D eigenvalue weighted by atomic mass is 10.4. The highest BCUT2D eigenvalue weighted by atomic mass is 32.2. The third-order valence-corrected chi connectivity index (χ3v) is 3.96. The number of carbonyl (C=O) groups is 1. The molecule has 0 amide bonds. The fourth-order valence-corrected chi connectivity index (χ4v) is 2.12. The van der Waals surface area contributed by atoms with Crippen LogP contribution in [0.3, 0.4) is 0 Å². The predicted molar refractivity (Wildman–Crippen MR) is 60.6 cm³/mol. The van der Waals surface area contributed by atoms with Crippen molar-refractivity contribution in [1.29, 1.82) is 0 Å². The summed E-state index contributed by atoms with van der Waals surface area (Å²) in [5.41, 5.74) is 5.18. The minimum atomic E-state index is -3.60. The molecule has 0 radical (unpaired) electrons. The number of nitrogens with two attached hydrogens (primary N) is 1. The second kappa shape index (κ2) is 6.14. The number of rotatable bonds is 7. The summed E-state index contributed by atoms with van der Waals surface area (Å²) in [5.74, 6) is -1.89. The Kier molecular flexibility index (Phi) is 5.87. The summed E-state index contributed by atoms with van der Waals surface area (Å²) >= 11 is 0. The smallest absolute Gasteiger partial charge is 0.321 e. The molecule has 0 aromatic rings. The van der Waals surface area contributed by atoms with Gasteiger partial charge in [-0.05, 0) is 14.1 Å². The van der Waals surface area contributed by atoms with Crippen LogP contribution in [0.15, 0.2) is 0 Å². The Balaban J connectivity index is 4.37. The van der Waals surface area contributed by atoms with Gasteiger partial charge >= 0.3 is 5.97 Å². The minimum Gasteiger partial charge on any atom is -0.480 e. The fraction of sp³-hybridized carbons (Fsp3) is 0.875. The normalized spacial score (nSPS) is 14.4. The van der Waals surface area contributed by atoms with E-state index >= 15 is 0 Å². The van der Waals surface area contributed by atoms with E-state index in [-0.39, 0.29) is 0 Å². The van der Waals surface area contributed by atoms with Crippen LogP contribution in [-0.2, 0) is 14.8 Å². The van der Waals surface area contributed by atoms with Gasteiger partial charge in [0.1, 0.15) is 6.04 Å². The highest BCUT2D eigenvalue weighted by molar-refractivity contribution is 7.89. The van der Waals surface area contributed by atoms with Crippen LogP contribution in [0.25, 0.3) is 0 Å². The number of hydrogen-bond acceptors (Lipinski definition) is 5. The van der Waals surface area contributed by atoms with Crippen LogP contribution in [0, 0.1) is 0 Å². The highest BCUT2D eigenvalue weighted by Crippen LogP contribution is 2.00. The van der Waals surface area contributed by atoms with Gasteiger partial charge in [-0.2, -0.15) is 0 Å². The van der Waals surface area contributed by atoms with E-state index in [1.165, 1.54) is 7.05 Å². The number of aliphatic carboxylic acids is 1. The first-order valence-electron chi connectivity index (χ1n) is 4.74. The van der Waals surface area contributed by atoms with Gasteiger partial charge in [-0.3, -0.25) is 4.79 Å². The molecule has 96 valence electrons. The largest absolute Gasteiger partial charge is 0.480 e. The van der Waals surface area contributed by atoms with E-state index in [1.54, 1.807) is 0 Å². The van der Waals surface area contributed by atoms with Crippen molar-refractivity contribution in [1.82, 2.24) is 9.21 Å². The SMILES string of the molecule is CN(C)CCN(C)S(=O)(=O)CC(N)C(=O)O. The van der Waals surface area contributed by atoms with Crippen LogP contribution in [0.4, 0.5) is 0 Å². The van der Waals surface area contributed by atoms with Gasteiger partial charge in [-0.1, -0.05) is 0 Å². The number of nitrogens with zero attached hydrogens (tertiary/aromatic N) is 2. The van der Waals surface area contributed by atoms with Gasteiger partial charge in [0.25, 0.3) is 0 Å². The Morgan fingerprint density at radius 1 is 1.31 bits per heavy atom. The molecule has 7 nitrogen and oxygen atoms in total. The van der Waals surface area contributed by atoms with E-state index in [1.807, 2.05) is 19.0 Å². The first kappa shape index (κ1) is 15.3. The van der Waals surface area contributed by atoms with Gasteiger partial charge in [0, 0.05) is 20.1 Å². The maximum Gasteiger partial charge on any atom is 0.321 e. The van der Waals surface area contributed by atoms with Crippen molar-refractivity contribution >= 4 is 16.0 Å². The number of sulfonamides is 1. The lowest BCUT2D eigenvalue weighted by Crippen LogP contribution is -2.43. The molecule has 0 aromatic carbocycles. The van der Waals surface area contributed by atoms with Gasteiger partial charge in [0.05, 0.1) is 5.75 Å². The summed E-state index contributed by atoms with van der Waals surface area (Å²) in [6.45, 7) is 0.875. The minimum absolute atomic E-state index is 0.307. The topological polar surface area (TPSA) is 104 Å². The number of carboxylic acids is 1. The Hall–Kier alpha value is -0.700. The molecule has 0 aliphatic heterocycles. The second-order valence-electron chi connectivity index (χ2n) is 3.85. The van der Waals surface area contributed by atoms with Crippen LogP contribution < -0.4 is 5.73 Å². The predicted octanol–water partition coefficient (Wildman–Crippen LogP) is -1.78. The zero-order valence-electron chi connectivity index (χ0n) is 9.75. The number of carboxylic acid groups (broad SMARTS) is 1. The van der Waals surface area contributed by atoms with Crippen molar-refractivity contribution in [3.63, 3.8) is 0 Å². The maximum absolute atomic E-state index is 11.6. The molecule has 0 rings (SSSR count). The van der Waals surface area contributed by atoms with Crippen LogP contribution >= 0.6 is 0 Å².